The number of aliphatic hydroxyl groups is 1. The molecule has 7 heteroatoms. The summed E-state index contributed by atoms with van der Waals surface area (Å²) in [5.41, 5.74) is 1.20. The summed E-state index contributed by atoms with van der Waals surface area (Å²) in [7, 11) is 0. The maximum Gasteiger partial charge on any atom is 0.338 e. The first-order valence-electron chi connectivity index (χ1n) is 9.03. The largest absolute Gasteiger partial charge is 0.458 e. The van der Waals surface area contributed by atoms with E-state index in [4.69, 9.17) is 9.47 Å². The van der Waals surface area contributed by atoms with Gasteiger partial charge in [0, 0.05) is 17.8 Å². The van der Waals surface area contributed by atoms with Crippen LogP contribution >= 0.6 is 0 Å². The lowest BCUT2D eigenvalue weighted by Crippen LogP contribution is -2.55. The van der Waals surface area contributed by atoms with Crippen LogP contribution in [0.2, 0.25) is 0 Å². The Morgan fingerprint density at radius 3 is 2.59 bits per heavy atom. The molecule has 1 amide bonds. The summed E-state index contributed by atoms with van der Waals surface area (Å²) < 4.78 is 10.5. The normalized spacial score (nSPS) is 19.0. The number of carbonyl (C=O) groups is 3. The SMILES string of the molecule is CCc1ccc(N2CCO[C@H]([C@@H](O)C(=O)OC(C)(C)C)C2=O)cc1C(C)=O. The predicted octanol–water partition coefficient (Wildman–Crippen LogP) is 1.89. The van der Waals surface area contributed by atoms with Gasteiger partial charge in [-0.25, -0.2) is 4.79 Å². The molecule has 0 unspecified atom stereocenters. The van der Waals surface area contributed by atoms with Crippen molar-refractivity contribution in [2.75, 3.05) is 18.1 Å². The van der Waals surface area contributed by atoms with Crippen molar-refractivity contribution >= 4 is 23.3 Å². The van der Waals surface area contributed by atoms with E-state index in [1.165, 1.54) is 11.8 Å². The van der Waals surface area contributed by atoms with Crippen molar-refractivity contribution in [2.24, 2.45) is 0 Å². The molecule has 27 heavy (non-hydrogen) atoms. The molecule has 7 nitrogen and oxygen atoms in total. The summed E-state index contributed by atoms with van der Waals surface area (Å²) in [5.74, 6) is -1.54. The molecular weight excluding hydrogens is 350 g/mol. The van der Waals surface area contributed by atoms with Crippen LogP contribution in [0.5, 0.6) is 0 Å². The second-order valence-electron chi connectivity index (χ2n) is 7.51. The smallest absolute Gasteiger partial charge is 0.338 e. The zero-order chi connectivity index (χ0) is 20.4. The maximum atomic E-state index is 12.8. The first kappa shape index (κ1) is 21.1. The second-order valence-corrected chi connectivity index (χ2v) is 7.51. The van der Waals surface area contributed by atoms with Crippen molar-refractivity contribution in [3.8, 4) is 0 Å². The summed E-state index contributed by atoms with van der Waals surface area (Å²) in [6.45, 7) is 8.87. The summed E-state index contributed by atoms with van der Waals surface area (Å²) in [6.07, 6.45) is -2.37. The van der Waals surface area contributed by atoms with Gasteiger partial charge in [0.25, 0.3) is 5.91 Å². The lowest BCUT2D eigenvalue weighted by Gasteiger charge is -2.34. The van der Waals surface area contributed by atoms with E-state index in [2.05, 4.69) is 0 Å². The summed E-state index contributed by atoms with van der Waals surface area (Å²) in [6, 6.07) is 5.24. The van der Waals surface area contributed by atoms with Gasteiger partial charge in [-0.1, -0.05) is 13.0 Å². The Balaban J connectivity index is 2.25. The van der Waals surface area contributed by atoms with Crippen LogP contribution in [0.3, 0.4) is 0 Å². The van der Waals surface area contributed by atoms with Gasteiger partial charge in [-0.15, -0.1) is 0 Å². The Morgan fingerprint density at radius 1 is 1.37 bits per heavy atom. The van der Waals surface area contributed by atoms with Crippen molar-refractivity contribution in [2.45, 2.75) is 58.8 Å². The standard InChI is InChI=1S/C20H27NO6/c1-6-13-7-8-14(11-15(13)12(2)22)21-9-10-26-17(18(21)24)16(23)19(25)27-20(3,4)5/h7-8,11,16-17,23H,6,9-10H2,1-5H3/t16-,17-/m1/s1. The fourth-order valence-corrected chi connectivity index (χ4v) is 2.94. The van der Waals surface area contributed by atoms with E-state index >= 15 is 0 Å². The molecule has 0 bridgehead atoms. The fraction of sp³-hybridized carbons (Fsp3) is 0.550. The molecule has 1 aromatic rings. The molecule has 148 valence electrons. The third-order valence-corrected chi connectivity index (χ3v) is 4.22. The molecule has 0 radical (unpaired) electrons. The monoisotopic (exact) mass is 377 g/mol. The van der Waals surface area contributed by atoms with Gasteiger partial charge in [0.1, 0.15) is 5.60 Å². The van der Waals surface area contributed by atoms with E-state index in [-0.39, 0.29) is 18.9 Å². The number of carbonyl (C=O) groups excluding carboxylic acids is 3. The molecule has 1 fully saturated rings. The Bertz CT molecular complexity index is 736. The molecule has 1 N–H and O–H groups in total. The molecule has 2 atom stereocenters. The van der Waals surface area contributed by atoms with Gasteiger partial charge in [0.2, 0.25) is 0 Å². The predicted molar refractivity (Wildman–Crippen MR) is 99.8 cm³/mol. The molecule has 0 aliphatic carbocycles. The molecule has 2 rings (SSSR count). The minimum atomic E-state index is -1.72. The number of anilines is 1. The van der Waals surface area contributed by atoms with Crippen molar-refractivity contribution in [3.63, 3.8) is 0 Å². The first-order valence-corrected chi connectivity index (χ1v) is 9.03. The van der Waals surface area contributed by atoms with Crippen LogP contribution in [0.15, 0.2) is 18.2 Å². The first-order chi connectivity index (χ1) is 12.5. The van der Waals surface area contributed by atoms with Gasteiger partial charge >= 0.3 is 5.97 Å². The molecule has 1 heterocycles. The lowest BCUT2D eigenvalue weighted by molar-refractivity contribution is -0.177. The molecule has 1 aromatic carbocycles. The van der Waals surface area contributed by atoms with E-state index in [9.17, 15) is 19.5 Å². The summed E-state index contributed by atoms with van der Waals surface area (Å²) in [4.78, 5) is 38.3. The Kier molecular flexibility index (Phi) is 6.38. The number of esters is 1. The summed E-state index contributed by atoms with van der Waals surface area (Å²) >= 11 is 0. The highest BCUT2D eigenvalue weighted by Gasteiger charge is 2.41. The number of rotatable bonds is 5. The third kappa shape index (κ3) is 4.93. The second kappa shape index (κ2) is 8.19. The number of benzene rings is 1. The number of Topliss-reactive ketones (excluding diaryl/α,β-unsaturated/α-hetero) is 1. The zero-order valence-corrected chi connectivity index (χ0v) is 16.4. The van der Waals surface area contributed by atoms with E-state index in [1.807, 2.05) is 13.0 Å². The average molecular weight is 377 g/mol. The Hall–Kier alpha value is -2.25. The Labute approximate surface area is 159 Å². The number of aliphatic hydroxyl groups excluding tert-OH is 1. The van der Waals surface area contributed by atoms with Gasteiger partial charge in [-0.3, -0.25) is 9.59 Å². The third-order valence-electron chi connectivity index (χ3n) is 4.22. The van der Waals surface area contributed by atoms with E-state index in [0.29, 0.717) is 17.7 Å². The topological polar surface area (TPSA) is 93.1 Å². The molecule has 0 saturated carbocycles. The highest BCUT2D eigenvalue weighted by Crippen LogP contribution is 2.25. The van der Waals surface area contributed by atoms with E-state index in [0.717, 1.165) is 5.56 Å². The van der Waals surface area contributed by atoms with Crippen molar-refractivity contribution < 1.29 is 29.0 Å². The van der Waals surface area contributed by atoms with Gasteiger partial charge in [0.05, 0.1) is 6.61 Å². The van der Waals surface area contributed by atoms with Crippen LogP contribution in [0, 0.1) is 0 Å². The zero-order valence-electron chi connectivity index (χ0n) is 16.4. The lowest BCUT2D eigenvalue weighted by atomic mass is 10.0. The number of ketones is 1. The van der Waals surface area contributed by atoms with Crippen molar-refractivity contribution in [3.05, 3.63) is 29.3 Å². The highest BCUT2D eigenvalue weighted by molar-refractivity contribution is 6.02. The van der Waals surface area contributed by atoms with Gasteiger partial charge in [-0.05, 0) is 51.8 Å². The van der Waals surface area contributed by atoms with Gasteiger partial charge < -0.3 is 19.5 Å². The minimum absolute atomic E-state index is 0.0836. The number of hydrogen-bond acceptors (Lipinski definition) is 6. The summed E-state index contributed by atoms with van der Waals surface area (Å²) in [5, 5.41) is 10.3. The minimum Gasteiger partial charge on any atom is -0.458 e. The van der Waals surface area contributed by atoms with Gasteiger partial charge in [0.15, 0.2) is 18.0 Å². The number of amides is 1. The van der Waals surface area contributed by atoms with Crippen molar-refractivity contribution in [1.82, 2.24) is 0 Å². The van der Waals surface area contributed by atoms with Crippen LogP contribution in [-0.4, -0.2) is 53.7 Å². The molecule has 0 aromatic heterocycles. The van der Waals surface area contributed by atoms with Gasteiger partial charge in [-0.2, -0.15) is 0 Å². The van der Waals surface area contributed by atoms with Crippen LogP contribution in [0.1, 0.15) is 50.5 Å². The van der Waals surface area contributed by atoms with E-state index < -0.39 is 29.7 Å². The fourth-order valence-electron chi connectivity index (χ4n) is 2.94. The molecule has 1 saturated heterocycles. The Morgan fingerprint density at radius 2 is 2.04 bits per heavy atom. The highest BCUT2D eigenvalue weighted by atomic mass is 16.6. The number of nitrogens with zero attached hydrogens (tertiary/aromatic N) is 1. The number of ether oxygens (including phenoxy) is 2. The maximum absolute atomic E-state index is 12.8. The number of morpholine rings is 1. The number of aryl methyl sites for hydroxylation is 1. The molecule has 1 aliphatic rings. The molecule has 0 spiro atoms. The van der Waals surface area contributed by atoms with Crippen LogP contribution < -0.4 is 4.90 Å². The van der Waals surface area contributed by atoms with Crippen molar-refractivity contribution in [1.29, 1.82) is 0 Å². The van der Waals surface area contributed by atoms with Crippen LogP contribution in [0.25, 0.3) is 0 Å². The van der Waals surface area contributed by atoms with E-state index in [1.54, 1.807) is 32.9 Å². The quantitative estimate of drug-likeness (QED) is 0.622. The number of hydrogen-bond donors (Lipinski definition) is 1. The van der Waals surface area contributed by atoms with Crippen LogP contribution in [-0.2, 0) is 25.5 Å². The van der Waals surface area contributed by atoms with Crippen LogP contribution in [0.4, 0.5) is 5.69 Å². The average Bonchev–Trinajstić information content (AvgIpc) is 2.59. The molecule has 1 aliphatic heterocycles. The molecular formula is C20H27NO6.